The molecular weight excluding hydrogens is 220 g/mol. The predicted molar refractivity (Wildman–Crippen MR) is 61.5 cm³/mol. The first-order chi connectivity index (χ1) is 8.15. The molecule has 0 aliphatic rings. The van der Waals surface area contributed by atoms with Crippen LogP contribution in [-0.2, 0) is 6.54 Å². The van der Waals surface area contributed by atoms with Crippen LogP contribution in [0.15, 0.2) is 35.1 Å². The lowest BCUT2D eigenvalue weighted by atomic mass is 10.1. The van der Waals surface area contributed by atoms with Crippen molar-refractivity contribution in [3.63, 3.8) is 0 Å². The van der Waals surface area contributed by atoms with Crippen molar-refractivity contribution in [2.75, 3.05) is 0 Å². The third kappa shape index (κ3) is 2.98. The molecule has 0 amide bonds. The van der Waals surface area contributed by atoms with E-state index in [0.717, 1.165) is 11.3 Å². The quantitative estimate of drug-likeness (QED) is 0.753. The zero-order valence-electron chi connectivity index (χ0n) is 9.42. The van der Waals surface area contributed by atoms with E-state index in [1.165, 1.54) is 12.3 Å². The number of hydrogen-bond acceptors (Lipinski definition) is 5. The summed E-state index contributed by atoms with van der Waals surface area (Å²) in [6, 6.07) is 6.29. The summed E-state index contributed by atoms with van der Waals surface area (Å²) in [5.74, 6) is 0.102. The fourth-order valence-electron chi connectivity index (χ4n) is 1.57. The van der Waals surface area contributed by atoms with Gasteiger partial charge in [0.15, 0.2) is 0 Å². The van der Waals surface area contributed by atoms with Crippen LogP contribution in [-0.4, -0.2) is 15.4 Å². The lowest BCUT2D eigenvalue weighted by Crippen LogP contribution is -2.18. The molecule has 0 saturated carbocycles. The molecule has 1 unspecified atom stereocenters. The molecule has 0 saturated heterocycles. The molecule has 17 heavy (non-hydrogen) atoms. The number of nitrogens with zero attached hydrogens (tertiary/aromatic N) is 1. The van der Waals surface area contributed by atoms with E-state index >= 15 is 0 Å². The topological polar surface area (TPSA) is 78.5 Å². The molecule has 1 atom stereocenters. The maximum atomic E-state index is 9.38. The first-order valence-electron chi connectivity index (χ1n) is 5.30. The van der Waals surface area contributed by atoms with Gasteiger partial charge < -0.3 is 20.1 Å². The maximum absolute atomic E-state index is 9.38. The van der Waals surface area contributed by atoms with Crippen molar-refractivity contribution in [2.24, 2.45) is 0 Å². The minimum atomic E-state index is -0.00954. The molecule has 1 aromatic carbocycles. The molecule has 0 radical (unpaired) electrons. The lowest BCUT2D eigenvalue weighted by molar-refractivity contribution is 0.405. The first-order valence-corrected chi connectivity index (χ1v) is 5.30. The highest BCUT2D eigenvalue weighted by Crippen LogP contribution is 2.24. The Bertz CT molecular complexity index is 462. The molecule has 5 heteroatoms. The smallest absolute Gasteiger partial charge is 0.124 e. The molecule has 0 spiro atoms. The second kappa shape index (κ2) is 4.88. The number of hydrogen-bond donors (Lipinski definition) is 3. The summed E-state index contributed by atoms with van der Waals surface area (Å²) in [5, 5.41) is 25.8. The van der Waals surface area contributed by atoms with Crippen LogP contribution in [0.5, 0.6) is 11.5 Å². The summed E-state index contributed by atoms with van der Waals surface area (Å²) in [4.78, 5) is 0. The highest BCUT2D eigenvalue weighted by molar-refractivity contribution is 5.37. The fraction of sp³-hybridized carbons (Fsp3) is 0.250. The van der Waals surface area contributed by atoms with Crippen molar-refractivity contribution >= 4 is 0 Å². The van der Waals surface area contributed by atoms with Gasteiger partial charge in [0.2, 0.25) is 0 Å². The maximum Gasteiger partial charge on any atom is 0.124 e. The Morgan fingerprint density at radius 3 is 2.59 bits per heavy atom. The van der Waals surface area contributed by atoms with E-state index in [9.17, 15) is 10.2 Å². The van der Waals surface area contributed by atoms with Crippen LogP contribution in [0, 0.1) is 0 Å². The van der Waals surface area contributed by atoms with Crippen molar-refractivity contribution in [3.8, 4) is 11.5 Å². The Hall–Kier alpha value is -2.01. The highest BCUT2D eigenvalue weighted by Gasteiger charge is 2.08. The van der Waals surface area contributed by atoms with E-state index < -0.39 is 0 Å². The molecule has 90 valence electrons. The van der Waals surface area contributed by atoms with Crippen molar-refractivity contribution in [2.45, 2.75) is 19.5 Å². The van der Waals surface area contributed by atoms with Crippen LogP contribution >= 0.6 is 0 Å². The Kier molecular flexibility index (Phi) is 3.30. The van der Waals surface area contributed by atoms with Gasteiger partial charge in [-0.3, -0.25) is 0 Å². The second-order valence-corrected chi connectivity index (χ2v) is 3.88. The van der Waals surface area contributed by atoms with Crippen LogP contribution in [0.2, 0.25) is 0 Å². The molecule has 0 bridgehead atoms. The third-order valence-electron chi connectivity index (χ3n) is 2.51. The fourth-order valence-corrected chi connectivity index (χ4v) is 1.57. The van der Waals surface area contributed by atoms with E-state index in [-0.39, 0.29) is 17.5 Å². The van der Waals surface area contributed by atoms with Crippen LogP contribution in [0.25, 0.3) is 0 Å². The van der Waals surface area contributed by atoms with Crippen molar-refractivity contribution in [3.05, 3.63) is 41.8 Å². The van der Waals surface area contributed by atoms with Gasteiger partial charge in [-0.25, -0.2) is 0 Å². The summed E-state index contributed by atoms with van der Waals surface area (Å²) in [6.07, 6.45) is 1.52. The highest BCUT2D eigenvalue weighted by atomic mass is 16.5. The normalized spacial score (nSPS) is 12.5. The van der Waals surface area contributed by atoms with Crippen LogP contribution in [0.3, 0.4) is 0 Å². The van der Waals surface area contributed by atoms with Crippen molar-refractivity contribution in [1.29, 1.82) is 0 Å². The predicted octanol–water partition coefficient (Wildman–Crippen LogP) is 1.94. The Morgan fingerprint density at radius 2 is 2.00 bits per heavy atom. The molecule has 3 N–H and O–H groups in total. The van der Waals surface area contributed by atoms with Gasteiger partial charge in [0.05, 0.1) is 5.69 Å². The zero-order chi connectivity index (χ0) is 12.3. The van der Waals surface area contributed by atoms with E-state index in [1.807, 2.05) is 6.92 Å². The summed E-state index contributed by atoms with van der Waals surface area (Å²) >= 11 is 0. The van der Waals surface area contributed by atoms with Crippen molar-refractivity contribution < 1.29 is 14.7 Å². The molecule has 1 aromatic heterocycles. The van der Waals surface area contributed by atoms with E-state index in [1.54, 1.807) is 18.2 Å². The molecule has 1 heterocycles. The zero-order valence-corrected chi connectivity index (χ0v) is 9.42. The number of phenols is 2. The van der Waals surface area contributed by atoms with Crippen LogP contribution in [0.1, 0.15) is 24.2 Å². The number of aromatic nitrogens is 1. The Labute approximate surface area is 98.7 Å². The van der Waals surface area contributed by atoms with Gasteiger partial charge in [-0.1, -0.05) is 5.16 Å². The lowest BCUT2D eigenvalue weighted by Gasteiger charge is -2.13. The van der Waals surface area contributed by atoms with E-state index in [2.05, 4.69) is 10.5 Å². The standard InChI is InChI=1S/C12H14N2O3/c1-8(13-7-10-2-3-17-14-10)9-4-11(15)6-12(16)5-9/h2-6,8,13,15-16H,7H2,1H3. The second-order valence-electron chi connectivity index (χ2n) is 3.88. The number of aromatic hydroxyl groups is 2. The van der Waals surface area contributed by atoms with Crippen molar-refractivity contribution in [1.82, 2.24) is 10.5 Å². The summed E-state index contributed by atoms with van der Waals surface area (Å²) in [6.45, 7) is 2.50. The van der Waals surface area contributed by atoms with Gasteiger partial charge in [0.25, 0.3) is 0 Å². The first kappa shape index (κ1) is 11.5. The van der Waals surface area contributed by atoms with Gasteiger partial charge in [-0.2, -0.15) is 0 Å². The summed E-state index contributed by atoms with van der Waals surface area (Å²) in [7, 11) is 0. The number of nitrogens with one attached hydrogen (secondary N) is 1. The largest absolute Gasteiger partial charge is 0.508 e. The molecular formula is C12H14N2O3. The summed E-state index contributed by atoms with van der Waals surface area (Å²) in [5.41, 5.74) is 1.62. The molecule has 0 aliphatic heterocycles. The number of phenolic OH excluding ortho intramolecular Hbond substituents is 2. The monoisotopic (exact) mass is 234 g/mol. The molecule has 2 aromatic rings. The van der Waals surface area contributed by atoms with Gasteiger partial charge in [0.1, 0.15) is 17.8 Å². The molecule has 2 rings (SSSR count). The molecule has 5 nitrogen and oxygen atoms in total. The Morgan fingerprint density at radius 1 is 1.29 bits per heavy atom. The van der Waals surface area contributed by atoms with E-state index in [4.69, 9.17) is 4.52 Å². The molecule has 0 fully saturated rings. The van der Waals surface area contributed by atoms with Crippen LogP contribution in [0.4, 0.5) is 0 Å². The van der Waals surface area contributed by atoms with E-state index in [0.29, 0.717) is 6.54 Å². The summed E-state index contributed by atoms with van der Waals surface area (Å²) < 4.78 is 4.72. The average Bonchev–Trinajstić information content (AvgIpc) is 2.77. The van der Waals surface area contributed by atoms with Gasteiger partial charge in [-0.15, -0.1) is 0 Å². The average molecular weight is 234 g/mol. The number of benzene rings is 1. The van der Waals surface area contributed by atoms with Gasteiger partial charge in [-0.05, 0) is 24.6 Å². The van der Waals surface area contributed by atoms with Crippen LogP contribution < -0.4 is 5.32 Å². The number of rotatable bonds is 4. The minimum absolute atomic E-state index is 0.00954. The van der Waals surface area contributed by atoms with Gasteiger partial charge >= 0.3 is 0 Å². The molecule has 0 aliphatic carbocycles. The Balaban J connectivity index is 2.01. The third-order valence-corrected chi connectivity index (χ3v) is 2.51. The van der Waals surface area contributed by atoms with Gasteiger partial charge in [0, 0.05) is 24.7 Å². The SMILES string of the molecule is CC(NCc1ccon1)c1cc(O)cc(O)c1. The minimum Gasteiger partial charge on any atom is -0.508 e.